The van der Waals surface area contributed by atoms with Gasteiger partial charge in [-0.1, -0.05) is 60.7 Å². The van der Waals surface area contributed by atoms with Crippen LogP contribution in [0, 0.1) is 0 Å². The number of rotatable bonds is 6. The van der Waals surface area contributed by atoms with E-state index in [0.717, 1.165) is 6.92 Å². The first kappa shape index (κ1) is 26.5. The first-order chi connectivity index (χ1) is 16.9. The molecule has 0 aliphatic carbocycles. The lowest BCUT2D eigenvalue weighted by Gasteiger charge is -2.52. The second-order valence-corrected chi connectivity index (χ2v) is 10.3. The Hall–Kier alpha value is -2.55. The molecule has 196 valence electrons. The molecule has 4 rings (SSSR count). The summed E-state index contributed by atoms with van der Waals surface area (Å²) in [5.74, 6) is -1.17. The molecule has 0 radical (unpaired) electrons. The highest BCUT2D eigenvalue weighted by Crippen LogP contribution is 2.47. The van der Waals surface area contributed by atoms with Crippen LogP contribution in [0.15, 0.2) is 60.7 Å². The van der Waals surface area contributed by atoms with Gasteiger partial charge < -0.3 is 28.8 Å². The van der Waals surface area contributed by atoms with E-state index in [4.69, 9.17) is 23.7 Å². The molecular weight excluding hydrogens is 509 g/mol. The van der Waals surface area contributed by atoms with E-state index in [1.807, 2.05) is 0 Å². The standard InChI is InChI=1S/C23H23F3O9S/c1-14(27)33-19-21(31-12-15-8-4-2-5-9-15)34-17-13-32-20(16-10-6-3-7-11-16)35-18(17)22(19,28)36(29,30)23(24,25)26/h2-11,17-21,28H,12-13H2,1H3/t17-,18+,19+,20?,21-,22-/m1/s1. The number of hydrogen-bond donors (Lipinski definition) is 1. The molecule has 2 aliphatic heterocycles. The summed E-state index contributed by atoms with van der Waals surface area (Å²) in [4.78, 5) is 8.03. The maximum atomic E-state index is 13.9. The number of fused-ring (bicyclic) bond motifs is 1. The molecule has 2 heterocycles. The Morgan fingerprint density at radius 3 is 2.28 bits per heavy atom. The van der Waals surface area contributed by atoms with Crippen LogP contribution in [0.1, 0.15) is 24.3 Å². The van der Waals surface area contributed by atoms with Crippen molar-refractivity contribution in [1.29, 1.82) is 0 Å². The fourth-order valence-corrected chi connectivity index (χ4v) is 5.43. The van der Waals surface area contributed by atoms with Gasteiger partial charge in [0.2, 0.25) is 4.93 Å². The molecule has 6 atom stereocenters. The van der Waals surface area contributed by atoms with Crippen molar-refractivity contribution in [2.75, 3.05) is 6.61 Å². The number of ether oxygens (including phenoxy) is 5. The van der Waals surface area contributed by atoms with Gasteiger partial charge in [-0.25, -0.2) is 8.42 Å². The molecule has 0 amide bonds. The minimum Gasteiger partial charge on any atom is -0.453 e. The molecule has 36 heavy (non-hydrogen) atoms. The van der Waals surface area contributed by atoms with Gasteiger partial charge in [-0.2, -0.15) is 13.2 Å². The summed E-state index contributed by atoms with van der Waals surface area (Å²) < 4.78 is 94.6. The van der Waals surface area contributed by atoms with Gasteiger partial charge in [-0.15, -0.1) is 0 Å². The van der Waals surface area contributed by atoms with Gasteiger partial charge in [0.25, 0.3) is 9.84 Å². The third-order valence-electron chi connectivity index (χ3n) is 5.75. The van der Waals surface area contributed by atoms with E-state index < -0.39 is 63.7 Å². The van der Waals surface area contributed by atoms with Crippen molar-refractivity contribution < 1.29 is 55.2 Å². The van der Waals surface area contributed by atoms with E-state index in [1.54, 1.807) is 60.7 Å². The van der Waals surface area contributed by atoms with Crippen LogP contribution in [-0.4, -0.2) is 61.1 Å². The van der Waals surface area contributed by atoms with Gasteiger partial charge in [-0.05, 0) is 5.56 Å². The van der Waals surface area contributed by atoms with Gasteiger partial charge in [0.05, 0.1) is 13.2 Å². The van der Waals surface area contributed by atoms with E-state index in [-0.39, 0.29) is 6.61 Å². The minimum absolute atomic E-state index is 0.253. The zero-order valence-corrected chi connectivity index (χ0v) is 19.6. The Morgan fingerprint density at radius 1 is 1.08 bits per heavy atom. The number of carbonyl (C=O) groups excluding carboxylic acids is 1. The van der Waals surface area contributed by atoms with Gasteiger partial charge in [0.15, 0.2) is 18.7 Å². The molecule has 2 aromatic rings. The van der Waals surface area contributed by atoms with Crippen molar-refractivity contribution in [2.45, 2.75) is 54.9 Å². The van der Waals surface area contributed by atoms with Crippen LogP contribution in [0.2, 0.25) is 0 Å². The molecule has 2 fully saturated rings. The monoisotopic (exact) mass is 532 g/mol. The molecule has 9 nitrogen and oxygen atoms in total. The minimum atomic E-state index is -6.45. The number of esters is 1. The normalized spacial score (nSPS) is 30.9. The Morgan fingerprint density at radius 2 is 1.69 bits per heavy atom. The summed E-state index contributed by atoms with van der Waals surface area (Å²) in [5.41, 5.74) is -5.02. The zero-order chi connectivity index (χ0) is 26.1. The Balaban J connectivity index is 1.76. The number of carbonyl (C=O) groups is 1. The van der Waals surface area contributed by atoms with Crippen LogP contribution in [0.3, 0.4) is 0 Å². The third-order valence-corrected chi connectivity index (χ3v) is 7.68. The smallest absolute Gasteiger partial charge is 0.453 e. The maximum absolute atomic E-state index is 13.9. The Kier molecular flexibility index (Phi) is 7.42. The summed E-state index contributed by atoms with van der Waals surface area (Å²) >= 11 is 0. The Labute approximate surface area is 204 Å². The average Bonchev–Trinajstić information content (AvgIpc) is 2.84. The van der Waals surface area contributed by atoms with Crippen molar-refractivity contribution in [3.63, 3.8) is 0 Å². The quantitative estimate of drug-likeness (QED) is 0.560. The van der Waals surface area contributed by atoms with Gasteiger partial charge in [0.1, 0.15) is 12.2 Å². The molecule has 0 spiro atoms. The molecule has 2 saturated heterocycles. The summed E-state index contributed by atoms with van der Waals surface area (Å²) in [6, 6.07) is 16.3. The molecule has 0 bridgehead atoms. The topological polar surface area (TPSA) is 118 Å². The van der Waals surface area contributed by atoms with Crippen LogP contribution in [0.5, 0.6) is 0 Å². The molecule has 13 heteroatoms. The number of alkyl halides is 3. The molecule has 2 aromatic carbocycles. The Bertz CT molecular complexity index is 1160. The van der Waals surface area contributed by atoms with E-state index in [9.17, 15) is 31.5 Å². The van der Waals surface area contributed by atoms with Gasteiger partial charge in [-0.3, -0.25) is 4.79 Å². The zero-order valence-electron chi connectivity index (χ0n) is 18.8. The summed E-state index contributed by atoms with van der Waals surface area (Å²) in [6.45, 7) is 0.146. The summed E-state index contributed by atoms with van der Waals surface area (Å²) in [7, 11) is -6.45. The molecule has 0 saturated carbocycles. The number of sulfone groups is 1. The first-order valence-electron chi connectivity index (χ1n) is 10.8. The van der Waals surface area contributed by atoms with E-state index in [0.29, 0.717) is 11.1 Å². The summed E-state index contributed by atoms with van der Waals surface area (Å²) in [6.07, 6.45) is -9.34. The highest BCUT2D eigenvalue weighted by Gasteiger charge is 2.74. The van der Waals surface area contributed by atoms with Crippen LogP contribution in [-0.2, 0) is 44.9 Å². The molecule has 1 unspecified atom stereocenters. The second kappa shape index (κ2) is 10.1. The van der Waals surface area contributed by atoms with Gasteiger partial charge >= 0.3 is 11.5 Å². The second-order valence-electron chi connectivity index (χ2n) is 8.20. The molecular formula is C23H23F3O9S. The predicted molar refractivity (Wildman–Crippen MR) is 115 cm³/mol. The van der Waals surface area contributed by atoms with Gasteiger partial charge in [0, 0.05) is 12.5 Å². The van der Waals surface area contributed by atoms with E-state index >= 15 is 0 Å². The average molecular weight is 532 g/mol. The van der Waals surface area contributed by atoms with Crippen LogP contribution in [0.4, 0.5) is 13.2 Å². The largest absolute Gasteiger partial charge is 0.500 e. The van der Waals surface area contributed by atoms with Crippen molar-refractivity contribution in [2.24, 2.45) is 0 Å². The number of benzene rings is 2. The fraction of sp³-hybridized carbons (Fsp3) is 0.435. The van der Waals surface area contributed by atoms with Crippen LogP contribution in [0.25, 0.3) is 0 Å². The lowest BCUT2D eigenvalue weighted by atomic mass is 9.96. The highest BCUT2D eigenvalue weighted by molar-refractivity contribution is 7.93. The lowest BCUT2D eigenvalue weighted by molar-refractivity contribution is -0.372. The summed E-state index contributed by atoms with van der Waals surface area (Å²) in [5, 5.41) is 11.4. The lowest BCUT2D eigenvalue weighted by Crippen LogP contribution is -2.74. The van der Waals surface area contributed by atoms with Crippen molar-refractivity contribution >= 4 is 15.8 Å². The van der Waals surface area contributed by atoms with E-state index in [1.165, 1.54) is 0 Å². The maximum Gasteiger partial charge on any atom is 0.500 e. The SMILES string of the molecule is CC(=O)O[C@H]1[C@H](OCc2ccccc2)O[C@@H]2COC(c3ccccc3)O[C@@H]2[C@@]1(O)S(=O)(=O)C(F)(F)F. The third kappa shape index (κ3) is 4.86. The number of hydrogen-bond acceptors (Lipinski definition) is 9. The molecule has 2 aliphatic rings. The fourth-order valence-electron chi connectivity index (χ4n) is 4.08. The van der Waals surface area contributed by atoms with Crippen LogP contribution >= 0.6 is 0 Å². The highest BCUT2D eigenvalue weighted by atomic mass is 32.2. The number of halogens is 3. The van der Waals surface area contributed by atoms with Crippen molar-refractivity contribution in [1.82, 2.24) is 0 Å². The predicted octanol–water partition coefficient (Wildman–Crippen LogP) is 2.60. The van der Waals surface area contributed by atoms with Crippen molar-refractivity contribution in [3.8, 4) is 0 Å². The van der Waals surface area contributed by atoms with E-state index in [2.05, 4.69) is 0 Å². The number of aliphatic hydroxyl groups is 1. The van der Waals surface area contributed by atoms with Crippen LogP contribution < -0.4 is 0 Å². The molecule has 0 aromatic heterocycles. The van der Waals surface area contributed by atoms with Crippen molar-refractivity contribution in [3.05, 3.63) is 71.8 Å². The first-order valence-corrected chi connectivity index (χ1v) is 12.3. The molecule has 1 N–H and O–H groups in total.